The van der Waals surface area contributed by atoms with Gasteiger partial charge in [0.2, 0.25) is 0 Å². The van der Waals surface area contributed by atoms with Crippen LogP contribution in [0.5, 0.6) is 5.75 Å². The summed E-state index contributed by atoms with van der Waals surface area (Å²) in [4.78, 5) is 0. The van der Waals surface area contributed by atoms with Crippen LogP contribution in [0, 0.1) is 0 Å². The van der Waals surface area contributed by atoms with Crippen molar-refractivity contribution >= 4 is 6.08 Å². The number of nitrogens with one attached hydrogen (secondary N) is 1. The molecule has 3 nitrogen and oxygen atoms in total. The van der Waals surface area contributed by atoms with Gasteiger partial charge in [-0.25, -0.2) is 0 Å². The minimum atomic E-state index is 0.222. The van der Waals surface area contributed by atoms with Crippen molar-refractivity contribution in [2.45, 2.75) is 26.4 Å². The van der Waals surface area contributed by atoms with Gasteiger partial charge >= 0.3 is 0 Å². The van der Waals surface area contributed by atoms with Crippen molar-refractivity contribution in [3.8, 4) is 5.75 Å². The number of ether oxygens (including phenoxy) is 2. The molecule has 0 bridgehead atoms. The Kier molecular flexibility index (Phi) is 7.94. The molecular weight excluding hydrogens is 238 g/mol. The van der Waals surface area contributed by atoms with Gasteiger partial charge in [-0.15, -0.1) is 0 Å². The second-order valence-corrected chi connectivity index (χ2v) is 4.67. The topological polar surface area (TPSA) is 30.5 Å². The van der Waals surface area contributed by atoms with Gasteiger partial charge in [0.1, 0.15) is 5.75 Å². The van der Waals surface area contributed by atoms with Crippen molar-refractivity contribution in [1.29, 1.82) is 0 Å². The molecule has 0 saturated heterocycles. The first-order chi connectivity index (χ1) is 9.22. The van der Waals surface area contributed by atoms with E-state index in [2.05, 4.69) is 29.6 Å². The van der Waals surface area contributed by atoms with Gasteiger partial charge in [-0.2, -0.15) is 0 Å². The van der Waals surface area contributed by atoms with Crippen LogP contribution in [0.3, 0.4) is 0 Å². The molecule has 19 heavy (non-hydrogen) atoms. The first-order valence-electron chi connectivity index (χ1n) is 6.85. The molecule has 0 aromatic heterocycles. The Bertz CT molecular complexity index is 358. The fourth-order valence-electron chi connectivity index (χ4n) is 1.63. The summed E-state index contributed by atoms with van der Waals surface area (Å²) in [6, 6.07) is 8.17. The minimum Gasteiger partial charge on any atom is -0.491 e. The van der Waals surface area contributed by atoms with E-state index in [1.807, 2.05) is 26.0 Å². The molecule has 1 N–H and O–H groups in total. The molecule has 0 heterocycles. The molecule has 0 aliphatic heterocycles. The van der Waals surface area contributed by atoms with Crippen molar-refractivity contribution in [3.05, 3.63) is 35.9 Å². The van der Waals surface area contributed by atoms with E-state index in [4.69, 9.17) is 9.47 Å². The number of benzene rings is 1. The van der Waals surface area contributed by atoms with Crippen LogP contribution >= 0.6 is 0 Å². The fourth-order valence-corrected chi connectivity index (χ4v) is 1.63. The van der Waals surface area contributed by atoms with E-state index < -0.39 is 0 Å². The molecule has 0 saturated carbocycles. The average Bonchev–Trinajstić information content (AvgIpc) is 2.39. The van der Waals surface area contributed by atoms with Crippen molar-refractivity contribution in [3.63, 3.8) is 0 Å². The van der Waals surface area contributed by atoms with Gasteiger partial charge < -0.3 is 14.8 Å². The second kappa shape index (κ2) is 9.59. The summed E-state index contributed by atoms with van der Waals surface area (Å²) in [5.41, 5.74) is 1.20. The fraction of sp³-hybridized carbons (Fsp3) is 0.500. The third kappa shape index (κ3) is 7.65. The van der Waals surface area contributed by atoms with Gasteiger partial charge in [0, 0.05) is 13.7 Å². The van der Waals surface area contributed by atoms with Crippen molar-refractivity contribution < 1.29 is 9.47 Å². The molecular formula is C16H25NO2. The van der Waals surface area contributed by atoms with E-state index in [1.54, 1.807) is 7.11 Å². The van der Waals surface area contributed by atoms with E-state index in [0.717, 1.165) is 31.9 Å². The molecule has 0 atom stereocenters. The lowest BCUT2D eigenvalue weighted by molar-refractivity contribution is 0.199. The number of hydrogen-bond donors (Lipinski definition) is 1. The summed E-state index contributed by atoms with van der Waals surface area (Å²) in [5.74, 6) is 0.924. The Hall–Kier alpha value is -1.32. The zero-order valence-electron chi connectivity index (χ0n) is 12.2. The molecule has 106 valence electrons. The van der Waals surface area contributed by atoms with Gasteiger partial charge in [0.25, 0.3) is 0 Å². The Morgan fingerprint density at radius 1 is 1.16 bits per heavy atom. The number of methoxy groups -OCH3 is 1. The monoisotopic (exact) mass is 263 g/mol. The van der Waals surface area contributed by atoms with E-state index in [9.17, 15) is 0 Å². The van der Waals surface area contributed by atoms with Crippen molar-refractivity contribution in [1.82, 2.24) is 5.32 Å². The van der Waals surface area contributed by atoms with Crippen LogP contribution in [0.15, 0.2) is 30.3 Å². The van der Waals surface area contributed by atoms with Crippen molar-refractivity contribution in [2.75, 3.05) is 26.8 Å². The first-order valence-corrected chi connectivity index (χ1v) is 6.85. The summed E-state index contributed by atoms with van der Waals surface area (Å²) >= 11 is 0. The third-order valence-electron chi connectivity index (χ3n) is 2.53. The van der Waals surface area contributed by atoms with E-state index in [0.29, 0.717) is 0 Å². The lowest BCUT2D eigenvalue weighted by Gasteiger charge is -2.09. The predicted octanol–water partition coefficient (Wildman–Crippen LogP) is 3.11. The first kappa shape index (κ1) is 15.7. The van der Waals surface area contributed by atoms with Gasteiger partial charge in [-0.05, 0) is 44.5 Å². The highest BCUT2D eigenvalue weighted by molar-refractivity contribution is 5.50. The summed E-state index contributed by atoms with van der Waals surface area (Å²) in [6.07, 6.45) is 5.56. The highest BCUT2D eigenvalue weighted by Gasteiger charge is 1.96. The van der Waals surface area contributed by atoms with Crippen LogP contribution in [0.1, 0.15) is 25.8 Å². The maximum atomic E-state index is 5.60. The lowest BCUT2D eigenvalue weighted by Crippen LogP contribution is -2.19. The number of rotatable bonds is 9. The molecule has 0 aliphatic rings. The molecule has 1 aromatic carbocycles. The standard InChI is InChI=1S/C16H25NO2/c1-14(2)19-16-9-7-15(8-10-16)6-4-5-11-17-12-13-18-3/h4,6-10,14,17H,5,11-13H2,1-3H3. The summed E-state index contributed by atoms with van der Waals surface area (Å²) < 4.78 is 10.6. The Labute approximate surface area is 116 Å². The molecule has 0 aliphatic carbocycles. The zero-order valence-corrected chi connectivity index (χ0v) is 12.2. The normalized spacial score (nSPS) is 11.4. The average molecular weight is 263 g/mol. The van der Waals surface area contributed by atoms with Crippen LogP contribution in [0.2, 0.25) is 0 Å². The number of hydrogen-bond acceptors (Lipinski definition) is 3. The molecule has 0 unspecified atom stereocenters. The Morgan fingerprint density at radius 3 is 2.53 bits per heavy atom. The second-order valence-electron chi connectivity index (χ2n) is 4.67. The third-order valence-corrected chi connectivity index (χ3v) is 2.53. The highest BCUT2D eigenvalue weighted by atomic mass is 16.5. The van der Waals surface area contributed by atoms with Gasteiger partial charge in [0.05, 0.1) is 12.7 Å². The molecule has 0 fully saturated rings. The van der Waals surface area contributed by atoms with Crippen LogP contribution in [-0.4, -0.2) is 32.9 Å². The lowest BCUT2D eigenvalue weighted by atomic mass is 10.2. The highest BCUT2D eigenvalue weighted by Crippen LogP contribution is 2.14. The molecule has 1 aromatic rings. The van der Waals surface area contributed by atoms with Gasteiger partial charge in [0.15, 0.2) is 0 Å². The maximum Gasteiger partial charge on any atom is 0.119 e. The molecule has 0 spiro atoms. The molecule has 0 radical (unpaired) electrons. The van der Waals surface area contributed by atoms with E-state index >= 15 is 0 Å². The van der Waals surface area contributed by atoms with Crippen LogP contribution < -0.4 is 10.1 Å². The summed E-state index contributed by atoms with van der Waals surface area (Å²) in [6.45, 7) is 6.72. The van der Waals surface area contributed by atoms with Gasteiger partial charge in [-0.3, -0.25) is 0 Å². The maximum absolute atomic E-state index is 5.60. The van der Waals surface area contributed by atoms with Crippen molar-refractivity contribution in [2.24, 2.45) is 0 Å². The summed E-state index contributed by atoms with van der Waals surface area (Å²) in [7, 11) is 1.72. The smallest absolute Gasteiger partial charge is 0.119 e. The minimum absolute atomic E-state index is 0.222. The zero-order chi connectivity index (χ0) is 13.9. The SMILES string of the molecule is COCCNCCC=Cc1ccc(OC(C)C)cc1. The van der Waals surface area contributed by atoms with Crippen LogP contribution in [-0.2, 0) is 4.74 Å². The Balaban J connectivity index is 2.24. The predicted molar refractivity (Wildman–Crippen MR) is 80.6 cm³/mol. The van der Waals surface area contributed by atoms with Crippen LogP contribution in [0.25, 0.3) is 6.08 Å². The van der Waals surface area contributed by atoms with Crippen LogP contribution in [0.4, 0.5) is 0 Å². The molecule has 3 heteroatoms. The quantitative estimate of drug-likeness (QED) is 0.694. The summed E-state index contributed by atoms with van der Waals surface area (Å²) in [5, 5.41) is 3.31. The Morgan fingerprint density at radius 2 is 1.89 bits per heavy atom. The van der Waals surface area contributed by atoms with Gasteiger partial charge in [-0.1, -0.05) is 24.3 Å². The van der Waals surface area contributed by atoms with E-state index in [-0.39, 0.29) is 6.10 Å². The van der Waals surface area contributed by atoms with E-state index in [1.165, 1.54) is 5.56 Å². The molecule has 0 amide bonds. The largest absolute Gasteiger partial charge is 0.491 e. The molecule has 1 rings (SSSR count).